The summed E-state index contributed by atoms with van der Waals surface area (Å²) >= 11 is 12.3. The lowest BCUT2D eigenvalue weighted by Gasteiger charge is -2.37. The van der Waals surface area contributed by atoms with Gasteiger partial charge in [-0.15, -0.1) is 0 Å². The maximum atomic E-state index is 11.1. The molecule has 0 heterocycles. The summed E-state index contributed by atoms with van der Waals surface area (Å²) in [6.45, 7) is 0. The molecule has 1 aromatic carbocycles. The Labute approximate surface area is 156 Å². The van der Waals surface area contributed by atoms with E-state index in [1.54, 1.807) is 0 Å². The summed E-state index contributed by atoms with van der Waals surface area (Å²) in [5, 5.41) is 12.3. The average molecular weight is 377 g/mol. The van der Waals surface area contributed by atoms with Crippen LogP contribution < -0.4 is 12.4 Å². The molecule has 1 atom stereocenters. The first kappa shape index (κ1) is 19.4. The zero-order chi connectivity index (χ0) is 15.6. The van der Waals surface area contributed by atoms with E-state index in [1.807, 2.05) is 12.1 Å². The number of hydrogen-bond donors (Lipinski definition) is 1. The molecular formula is C19H26Cl3O-. The summed E-state index contributed by atoms with van der Waals surface area (Å²) in [6.07, 6.45) is 11.8. The van der Waals surface area contributed by atoms with Gasteiger partial charge in [-0.2, -0.15) is 0 Å². The fourth-order valence-corrected chi connectivity index (χ4v) is 4.89. The van der Waals surface area contributed by atoms with Crippen molar-refractivity contribution in [1.82, 2.24) is 0 Å². The molecular weight excluding hydrogens is 351 g/mol. The predicted molar refractivity (Wildman–Crippen MR) is 93.8 cm³/mol. The standard InChI is InChI=1S/C19H26Cl2O.ClH/c20-16-9-8-15(13-17(16)21)19(10-4-5-11-19)18(22)12-14-6-2-1-3-7-14;/h8-9,13-14,18,22H,1-7,10-12H2;1H/p-1. The highest BCUT2D eigenvalue weighted by atomic mass is 35.5. The minimum absolute atomic E-state index is 0. The Morgan fingerprint density at radius 2 is 1.65 bits per heavy atom. The van der Waals surface area contributed by atoms with Crippen LogP contribution in [0.25, 0.3) is 0 Å². The van der Waals surface area contributed by atoms with Crippen molar-refractivity contribution in [2.24, 2.45) is 5.92 Å². The Balaban J connectivity index is 0.00000192. The number of benzene rings is 1. The highest BCUT2D eigenvalue weighted by molar-refractivity contribution is 6.42. The van der Waals surface area contributed by atoms with Crippen molar-refractivity contribution in [2.75, 3.05) is 0 Å². The largest absolute Gasteiger partial charge is 1.00 e. The first-order chi connectivity index (χ1) is 10.6. The minimum atomic E-state index is -0.254. The van der Waals surface area contributed by atoms with Gasteiger partial charge in [0.05, 0.1) is 16.1 Å². The van der Waals surface area contributed by atoms with Gasteiger partial charge >= 0.3 is 0 Å². The molecule has 0 spiro atoms. The van der Waals surface area contributed by atoms with Crippen LogP contribution in [-0.2, 0) is 5.41 Å². The number of aliphatic hydroxyl groups is 1. The smallest absolute Gasteiger partial charge is 0.0639 e. The van der Waals surface area contributed by atoms with Crippen molar-refractivity contribution in [1.29, 1.82) is 0 Å². The van der Waals surface area contributed by atoms with E-state index in [0.717, 1.165) is 19.3 Å². The third-order valence-electron chi connectivity index (χ3n) is 5.91. The lowest BCUT2D eigenvalue weighted by atomic mass is 9.70. The minimum Gasteiger partial charge on any atom is -1.00 e. The Kier molecular flexibility index (Phi) is 7.10. The first-order valence-electron chi connectivity index (χ1n) is 8.75. The van der Waals surface area contributed by atoms with E-state index in [4.69, 9.17) is 23.2 Å². The molecule has 1 unspecified atom stereocenters. The molecule has 4 heteroatoms. The summed E-state index contributed by atoms with van der Waals surface area (Å²) in [5.41, 5.74) is 1.08. The third-order valence-corrected chi connectivity index (χ3v) is 6.65. The number of halogens is 3. The summed E-state index contributed by atoms with van der Waals surface area (Å²) in [7, 11) is 0. The first-order valence-corrected chi connectivity index (χ1v) is 9.51. The molecule has 0 aromatic heterocycles. The van der Waals surface area contributed by atoms with Crippen LogP contribution in [-0.4, -0.2) is 11.2 Å². The summed E-state index contributed by atoms with van der Waals surface area (Å²) in [6, 6.07) is 5.94. The van der Waals surface area contributed by atoms with Crippen molar-refractivity contribution < 1.29 is 17.5 Å². The van der Waals surface area contributed by atoms with Gasteiger partial charge in [-0.1, -0.05) is 74.2 Å². The summed E-state index contributed by atoms with van der Waals surface area (Å²) in [5.74, 6) is 0.698. The van der Waals surface area contributed by atoms with E-state index in [1.165, 1.54) is 50.5 Å². The van der Waals surface area contributed by atoms with Crippen molar-refractivity contribution in [3.05, 3.63) is 33.8 Å². The van der Waals surface area contributed by atoms with Crippen LogP contribution in [0.4, 0.5) is 0 Å². The van der Waals surface area contributed by atoms with Gasteiger partial charge in [0.15, 0.2) is 0 Å². The van der Waals surface area contributed by atoms with Gasteiger partial charge in [0.25, 0.3) is 0 Å². The van der Waals surface area contributed by atoms with E-state index < -0.39 is 0 Å². The number of aliphatic hydroxyl groups excluding tert-OH is 1. The van der Waals surface area contributed by atoms with Crippen molar-refractivity contribution in [3.8, 4) is 0 Å². The van der Waals surface area contributed by atoms with E-state index in [9.17, 15) is 5.11 Å². The van der Waals surface area contributed by atoms with Crippen LogP contribution in [0.3, 0.4) is 0 Å². The van der Waals surface area contributed by atoms with E-state index in [0.29, 0.717) is 16.0 Å². The molecule has 2 fully saturated rings. The molecule has 3 rings (SSSR count). The maximum absolute atomic E-state index is 11.1. The lowest BCUT2D eigenvalue weighted by Crippen LogP contribution is -3.00. The average Bonchev–Trinajstić information content (AvgIpc) is 3.02. The van der Waals surface area contributed by atoms with Crippen LogP contribution >= 0.6 is 23.2 Å². The van der Waals surface area contributed by atoms with Crippen molar-refractivity contribution >= 4 is 23.2 Å². The van der Waals surface area contributed by atoms with Crippen LogP contribution in [0.5, 0.6) is 0 Å². The second kappa shape index (κ2) is 8.43. The van der Waals surface area contributed by atoms with E-state index in [-0.39, 0.29) is 23.9 Å². The van der Waals surface area contributed by atoms with Crippen molar-refractivity contribution in [2.45, 2.75) is 75.7 Å². The monoisotopic (exact) mass is 375 g/mol. The lowest BCUT2D eigenvalue weighted by molar-refractivity contribution is -0.00000798. The summed E-state index contributed by atoms with van der Waals surface area (Å²) < 4.78 is 0. The van der Waals surface area contributed by atoms with Gasteiger partial charge in [0, 0.05) is 5.41 Å². The highest BCUT2D eigenvalue weighted by Crippen LogP contribution is 2.47. The third kappa shape index (κ3) is 4.18. The number of hydrogen-bond acceptors (Lipinski definition) is 1. The second-order valence-electron chi connectivity index (χ2n) is 7.25. The molecule has 0 saturated heterocycles. The van der Waals surface area contributed by atoms with Gasteiger partial charge in [-0.3, -0.25) is 0 Å². The highest BCUT2D eigenvalue weighted by Gasteiger charge is 2.43. The molecule has 1 nitrogen and oxygen atoms in total. The predicted octanol–water partition coefficient (Wildman–Crippen LogP) is 3.14. The van der Waals surface area contributed by atoms with Gasteiger partial charge in [0.1, 0.15) is 0 Å². The van der Waals surface area contributed by atoms with Gasteiger partial charge in [-0.05, 0) is 42.9 Å². The molecule has 2 aliphatic rings. The fraction of sp³-hybridized carbons (Fsp3) is 0.684. The van der Waals surface area contributed by atoms with Crippen LogP contribution in [0, 0.1) is 5.92 Å². The van der Waals surface area contributed by atoms with Gasteiger partial charge in [-0.25, -0.2) is 0 Å². The second-order valence-corrected chi connectivity index (χ2v) is 8.06. The van der Waals surface area contributed by atoms with Crippen LogP contribution in [0.15, 0.2) is 18.2 Å². The molecule has 1 N–H and O–H groups in total. The maximum Gasteiger partial charge on any atom is 0.0639 e. The Bertz CT molecular complexity index is 505. The van der Waals surface area contributed by atoms with Gasteiger partial charge < -0.3 is 17.5 Å². The normalized spacial score (nSPS) is 22.6. The van der Waals surface area contributed by atoms with Gasteiger partial charge in [0.2, 0.25) is 0 Å². The number of rotatable bonds is 4. The summed E-state index contributed by atoms with van der Waals surface area (Å²) in [4.78, 5) is 0. The molecule has 0 radical (unpaired) electrons. The Hall–Kier alpha value is 0.0500. The SMILES string of the molecule is OC(CC1CCCCC1)C1(c2ccc(Cl)c(Cl)c2)CCCC1.[Cl-]. The Morgan fingerprint density at radius 1 is 1.00 bits per heavy atom. The van der Waals surface area contributed by atoms with E-state index >= 15 is 0 Å². The molecule has 2 aliphatic carbocycles. The molecule has 0 bridgehead atoms. The molecule has 1 aromatic rings. The quantitative estimate of drug-likeness (QED) is 0.856. The molecule has 2 saturated carbocycles. The molecule has 130 valence electrons. The topological polar surface area (TPSA) is 20.2 Å². The molecule has 23 heavy (non-hydrogen) atoms. The molecule has 0 aliphatic heterocycles. The van der Waals surface area contributed by atoms with Crippen LogP contribution in [0.2, 0.25) is 10.0 Å². The zero-order valence-corrected chi connectivity index (χ0v) is 15.8. The van der Waals surface area contributed by atoms with Crippen LogP contribution in [0.1, 0.15) is 69.8 Å². The Morgan fingerprint density at radius 3 is 2.26 bits per heavy atom. The fourth-order valence-electron chi connectivity index (χ4n) is 4.59. The van der Waals surface area contributed by atoms with Crippen molar-refractivity contribution in [3.63, 3.8) is 0 Å². The van der Waals surface area contributed by atoms with E-state index in [2.05, 4.69) is 6.07 Å². The molecule has 0 amide bonds. The zero-order valence-electron chi connectivity index (χ0n) is 13.5.